The zero-order valence-corrected chi connectivity index (χ0v) is 14.6. The molecule has 0 unspecified atom stereocenters. The van der Waals surface area contributed by atoms with Crippen molar-refractivity contribution >= 4 is 29.2 Å². The van der Waals surface area contributed by atoms with E-state index < -0.39 is 17.8 Å². The average Bonchev–Trinajstić information content (AvgIpc) is 2.58. The minimum absolute atomic E-state index is 0.118. The van der Waals surface area contributed by atoms with E-state index in [2.05, 4.69) is 5.32 Å². The predicted octanol–water partition coefficient (Wildman–Crippen LogP) is 1.79. The van der Waals surface area contributed by atoms with E-state index in [0.717, 1.165) is 4.90 Å². The summed E-state index contributed by atoms with van der Waals surface area (Å²) < 4.78 is 0. The van der Waals surface area contributed by atoms with Gasteiger partial charge in [-0.25, -0.2) is 4.90 Å². The van der Waals surface area contributed by atoms with Gasteiger partial charge in [-0.1, -0.05) is 6.42 Å². The molecule has 8 heteroatoms. The number of aliphatic carboxylic acids is 1. The van der Waals surface area contributed by atoms with Crippen molar-refractivity contribution in [2.75, 3.05) is 17.2 Å². The van der Waals surface area contributed by atoms with Crippen LogP contribution in [0.15, 0.2) is 36.0 Å². The maximum absolute atomic E-state index is 12.5. The smallest absolute Gasteiger partial charge is 0.303 e. The van der Waals surface area contributed by atoms with E-state index in [1.807, 2.05) is 0 Å². The first-order valence-corrected chi connectivity index (χ1v) is 8.12. The quantitative estimate of drug-likeness (QED) is 0.265. The van der Waals surface area contributed by atoms with Crippen molar-refractivity contribution in [1.29, 1.82) is 5.26 Å². The van der Waals surface area contributed by atoms with Crippen LogP contribution >= 0.6 is 0 Å². The molecule has 0 aliphatic carbocycles. The molecule has 0 aromatic heterocycles. The topological polar surface area (TPSA) is 137 Å². The molecule has 0 heterocycles. The van der Waals surface area contributed by atoms with Crippen LogP contribution in [0, 0.1) is 11.3 Å². The van der Waals surface area contributed by atoms with E-state index in [-0.39, 0.29) is 12.0 Å². The number of carbonyl (C=O) groups is 3. The van der Waals surface area contributed by atoms with Gasteiger partial charge in [-0.3, -0.25) is 14.4 Å². The number of unbranched alkanes of at least 4 members (excludes halogenated alkanes) is 2. The molecular formula is C18H22N4O4. The predicted molar refractivity (Wildman–Crippen MR) is 96.8 cm³/mol. The number of hydrogen-bond donors (Lipinski definition) is 3. The molecule has 1 aromatic rings. The number of carboxylic acid groups (broad SMARTS) is 1. The second kappa shape index (κ2) is 10.5. The number of nitriles is 1. The Labute approximate surface area is 151 Å². The maximum Gasteiger partial charge on any atom is 0.303 e. The first-order chi connectivity index (χ1) is 12.4. The van der Waals surface area contributed by atoms with Crippen molar-refractivity contribution in [3.63, 3.8) is 0 Å². The molecule has 1 aromatic carbocycles. The summed E-state index contributed by atoms with van der Waals surface area (Å²) in [6.07, 6.45) is 3.37. The Morgan fingerprint density at radius 1 is 1.23 bits per heavy atom. The van der Waals surface area contributed by atoms with E-state index in [0.29, 0.717) is 37.2 Å². The number of nitrogens with one attached hydrogen (secondary N) is 1. The fraction of sp³-hybridized carbons (Fsp3) is 0.333. The number of benzene rings is 1. The lowest BCUT2D eigenvalue weighted by Crippen LogP contribution is -2.36. The monoisotopic (exact) mass is 358 g/mol. The summed E-state index contributed by atoms with van der Waals surface area (Å²) in [7, 11) is 0. The highest BCUT2D eigenvalue weighted by Gasteiger charge is 2.23. The number of hydrogen-bond acceptors (Lipinski definition) is 6. The molecule has 0 radical (unpaired) electrons. The highest BCUT2D eigenvalue weighted by atomic mass is 16.4. The SMILES string of the molecule is CC(=O)N(C(=O)/C(C#N)=C\NCCCCCC(=O)O)c1ccc(N)cc1. The molecular weight excluding hydrogens is 336 g/mol. The molecule has 2 amide bonds. The van der Waals surface area contributed by atoms with Crippen LogP contribution in [0.1, 0.15) is 32.6 Å². The van der Waals surface area contributed by atoms with E-state index in [4.69, 9.17) is 10.8 Å². The first-order valence-electron chi connectivity index (χ1n) is 8.12. The lowest BCUT2D eigenvalue weighted by atomic mass is 10.2. The van der Waals surface area contributed by atoms with Crippen molar-refractivity contribution in [1.82, 2.24) is 5.32 Å². The number of anilines is 2. The number of carboxylic acids is 1. The number of carbonyl (C=O) groups excluding carboxylic acids is 2. The van der Waals surface area contributed by atoms with E-state index >= 15 is 0 Å². The van der Waals surface area contributed by atoms with Crippen LogP contribution < -0.4 is 16.0 Å². The number of imide groups is 1. The van der Waals surface area contributed by atoms with Gasteiger partial charge in [0.25, 0.3) is 5.91 Å². The van der Waals surface area contributed by atoms with E-state index in [1.54, 1.807) is 18.2 Å². The zero-order chi connectivity index (χ0) is 19.5. The van der Waals surface area contributed by atoms with Gasteiger partial charge in [0.05, 0.1) is 5.69 Å². The van der Waals surface area contributed by atoms with Crippen molar-refractivity contribution in [3.05, 3.63) is 36.0 Å². The van der Waals surface area contributed by atoms with Crippen LogP contribution in [0.25, 0.3) is 0 Å². The molecule has 0 saturated carbocycles. The standard InChI is InChI=1S/C18H22N4O4/c1-13(23)22(16-8-6-15(20)7-9-16)18(26)14(11-19)12-21-10-4-2-3-5-17(24)25/h6-9,12,21H,2-5,10,20H2,1H3,(H,24,25)/b14-12-. The lowest BCUT2D eigenvalue weighted by Gasteiger charge is -2.19. The maximum atomic E-state index is 12.5. The molecule has 0 fully saturated rings. The molecule has 0 aliphatic heterocycles. The number of nitrogen functional groups attached to an aromatic ring is 1. The molecule has 0 spiro atoms. The highest BCUT2D eigenvalue weighted by Crippen LogP contribution is 2.18. The summed E-state index contributed by atoms with van der Waals surface area (Å²) in [6, 6.07) is 7.96. The van der Waals surface area contributed by atoms with Gasteiger partial charge < -0.3 is 16.2 Å². The lowest BCUT2D eigenvalue weighted by molar-refractivity contribution is -0.137. The third-order valence-electron chi connectivity index (χ3n) is 3.48. The molecule has 0 saturated heterocycles. The first kappa shape index (κ1) is 20.7. The van der Waals surface area contributed by atoms with E-state index in [1.165, 1.54) is 25.3 Å². The Bertz CT molecular complexity index is 720. The van der Waals surface area contributed by atoms with Gasteiger partial charge in [0.2, 0.25) is 5.91 Å². The fourth-order valence-corrected chi connectivity index (χ4v) is 2.18. The zero-order valence-electron chi connectivity index (χ0n) is 14.6. The van der Waals surface area contributed by atoms with Crippen molar-refractivity contribution < 1.29 is 19.5 Å². The molecule has 1 rings (SSSR count). The van der Waals surface area contributed by atoms with Gasteiger partial charge >= 0.3 is 5.97 Å². The van der Waals surface area contributed by atoms with Crippen molar-refractivity contribution in [2.45, 2.75) is 32.6 Å². The second-order valence-corrected chi connectivity index (χ2v) is 5.58. The van der Waals surface area contributed by atoms with Crippen LogP contribution in [0.4, 0.5) is 11.4 Å². The molecule has 4 N–H and O–H groups in total. The third-order valence-corrected chi connectivity index (χ3v) is 3.48. The molecule has 0 aliphatic rings. The Morgan fingerprint density at radius 2 is 1.88 bits per heavy atom. The molecule has 26 heavy (non-hydrogen) atoms. The Kier molecular flexibility index (Phi) is 8.37. The van der Waals surface area contributed by atoms with Crippen LogP contribution in [-0.4, -0.2) is 29.4 Å². The summed E-state index contributed by atoms with van der Waals surface area (Å²) in [6.45, 7) is 1.72. The minimum Gasteiger partial charge on any atom is -0.481 e. The summed E-state index contributed by atoms with van der Waals surface area (Å²) in [5.41, 5.74) is 6.21. The normalized spacial score (nSPS) is 10.7. The van der Waals surface area contributed by atoms with Gasteiger partial charge in [-0.2, -0.15) is 5.26 Å². The van der Waals surface area contributed by atoms with Crippen LogP contribution in [0.2, 0.25) is 0 Å². The van der Waals surface area contributed by atoms with Gasteiger partial charge in [0.15, 0.2) is 0 Å². The number of nitrogens with two attached hydrogens (primary N) is 1. The summed E-state index contributed by atoms with van der Waals surface area (Å²) in [5.74, 6) is -2.08. The molecule has 0 bridgehead atoms. The molecule has 8 nitrogen and oxygen atoms in total. The van der Waals surface area contributed by atoms with Crippen LogP contribution in [-0.2, 0) is 14.4 Å². The summed E-state index contributed by atoms with van der Waals surface area (Å²) in [5, 5.41) is 20.6. The van der Waals surface area contributed by atoms with Crippen molar-refractivity contribution in [2.24, 2.45) is 0 Å². The number of nitrogens with zero attached hydrogens (tertiary/aromatic N) is 2. The Morgan fingerprint density at radius 3 is 2.42 bits per heavy atom. The van der Waals surface area contributed by atoms with Crippen LogP contribution in [0.5, 0.6) is 0 Å². The largest absolute Gasteiger partial charge is 0.481 e. The minimum atomic E-state index is -0.831. The second-order valence-electron chi connectivity index (χ2n) is 5.58. The summed E-state index contributed by atoms with van der Waals surface area (Å²) in [4.78, 5) is 35.7. The van der Waals surface area contributed by atoms with Gasteiger partial charge in [-0.05, 0) is 37.1 Å². The van der Waals surface area contributed by atoms with Crippen LogP contribution in [0.3, 0.4) is 0 Å². The molecule has 0 atom stereocenters. The van der Waals surface area contributed by atoms with Gasteiger partial charge in [0.1, 0.15) is 11.6 Å². The van der Waals surface area contributed by atoms with Gasteiger partial charge in [-0.15, -0.1) is 0 Å². The van der Waals surface area contributed by atoms with E-state index in [9.17, 15) is 19.6 Å². The fourth-order valence-electron chi connectivity index (χ4n) is 2.18. The third kappa shape index (κ3) is 6.65. The molecule has 138 valence electrons. The number of rotatable bonds is 9. The Hall–Kier alpha value is -3.34. The Balaban J connectivity index is 2.69. The van der Waals surface area contributed by atoms with Gasteiger partial charge in [0, 0.05) is 31.8 Å². The average molecular weight is 358 g/mol. The number of amides is 2. The van der Waals surface area contributed by atoms with Crippen molar-refractivity contribution in [3.8, 4) is 6.07 Å². The highest BCUT2D eigenvalue weighted by molar-refractivity contribution is 6.21. The summed E-state index contributed by atoms with van der Waals surface area (Å²) >= 11 is 0.